The highest BCUT2D eigenvalue weighted by atomic mass is 19.1. The van der Waals surface area contributed by atoms with Crippen LogP contribution in [0, 0.1) is 5.82 Å². The van der Waals surface area contributed by atoms with Crippen molar-refractivity contribution in [3.05, 3.63) is 106 Å². The molecule has 0 radical (unpaired) electrons. The van der Waals surface area contributed by atoms with Gasteiger partial charge < -0.3 is 10.2 Å². The Morgan fingerprint density at radius 2 is 1.67 bits per heavy atom. The fourth-order valence-electron chi connectivity index (χ4n) is 3.49. The van der Waals surface area contributed by atoms with Crippen molar-refractivity contribution in [1.29, 1.82) is 0 Å². The summed E-state index contributed by atoms with van der Waals surface area (Å²) >= 11 is 0. The molecule has 1 N–H and O–H groups in total. The Kier molecular flexibility index (Phi) is 6.26. The van der Waals surface area contributed by atoms with E-state index in [4.69, 9.17) is 0 Å². The van der Waals surface area contributed by atoms with Crippen LogP contribution >= 0.6 is 0 Å². The number of benzene rings is 3. The minimum atomic E-state index is -0.512. The molecular weight excluding hydrogens is 423 g/mol. The summed E-state index contributed by atoms with van der Waals surface area (Å²) in [6.45, 7) is -0.0717. The number of carbonyl (C=O) groups is 2. The third kappa shape index (κ3) is 4.95. The van der Waals surface area contributed by atoms with E-state index < -0.39 is 17.6 Å². The lowest BCUT2D eigenvalue weighted by atomic mass is 10.1. The van der Waals surface area contributed by atoms with Gasteiger partial charge in [0.1, 0.15) is 5.82 Å². The molecule has 166 valence electrons. The zero-order valence-electron chi connectivity index (χ0n) is 17.9. The van der Waals surface area contributed by atoms with Gasteiger partial charge in [0.25, 0.3) is 11.5 Å². The Balaban J connectivity index is 1.62. The van der Waals surface area contributed by atoms with Crippen LogP contribution < -0.4 is 10.9 Å². The molecule has 0 spiro atoms. The fourth-order valence-corrected chi connectivity index (χ4v) is 3.49. The monoisotopic (exact) mass is 444 g/mol. The molecule has 0 aliphatic rings. The Hall–Kier alpha value is -4.33. The highest BCUT2D eigenvalue weighted by Gasteiger charge is 2.21. The molecule has 1 heterocycles. The van der Waals surface area contributed by atoms with E-state index in [-0.39, 0.29) is 24.3 Å². The minimum absolute atomic E-state index is 0.0715. The lowest BCUT2D eigenvalue weighted by Crippen LogP contribution is -2.37. The second-order valence-corrected chi connectivity index (χ2v) is 7.56. The Morgan fingerprint density at radius 1 is 0.970 bits per heavy atom. The molecule has 0 saturated heterocycles. The van der Waals surface area contributed by atoms with E-state index in [1.165, 1.54) is 34.8 Å². The van der Waals surface area contributed by atoms with E-state index >= 15 is 0 Å². The predicted octanol–water partition coefficient (Wildman–Crippen LogP) is 3.29. The number of halogens is 1. The normalized spacial score (nSPS) is 10.7. The van der Waals surface area contributed by atoms with Crippen molar-refractivity contribution in [1.82, 2.24) is 14.7 Å². The first-order valence-electron chi connectivity index (χ1n) is 10.3. The summed E-state index contributed by atoms with van der Waals surface area (Å²) in [6.07, 6.45) is 0. The Morgan fingerprint density at radius 3 is 2.39 bits per heavy atom. The average molecular weight is 444 g/mol. The number of nitrogens with zero attached hydrogens (tertiary/aromatic N) is 3. The van der Waals surface area contributed by atoms with Gasteiger partial charge in [0.05, 0.1) is 18.5 Å². The van der Waals surface area contributed by atoms with Gasteiger partial charge in [-0.2, -0.15) is 5.10 Å². The zero-order chi connectivity index (χ0) is 23.4. The first kappa shape index (κ1) is 21.9. The lowest BCUT2D eigenvalue weighted by molar-refractivity contribution is -0.116. The molecule has 0 bridgehead atoms. The number of nitrogens with one attached hydrogen (secondary N) is 1. The number of hydrogen-bond acceptors (Lipinski definition) is 4. The molecule has 0 aliphatic carbocycles. The van der Waals surface area contributed by atoms with E-state index in [9.17, 15) is 18.8 Å². The number of aromatic nitrogens is 2. The van der Waals surface area contributed by atoms with Gasteiger partial charge in [-0.15, -0.1) is 0 Å². The van der Waals surface area contributed by atoms with Crippen molar-refractivity contribution in [3.8, 4) is 0 Å². The summed E-state index contributed by atoms with van der Waals surface area (Å²) in [5.74, 6) is -1.48. The molecule has 0 saturated carbocycles. The molecule has 33 heavy (non-hydrogen) atoms. The molecule has 7 nitrogen and oxygen atoms in total. The van der Waals surface area contributed by atoms with Crippen LogP contribution in [0.25, 0.3) is 10.8 Å². The largest absolute Gasteiger partial charge is 0.331 e. The molecule has 3 aromatic carbocycles. The molecule has 1 aromatic heterocycles. The van der Waals surface area contributed by atoms with Crippen LogP contribution in [0.15, 0.2) is 83.7 Å². The third-order valence-corrected chi connectivity index (χ3v) is 5.08. The molecule has 2 amide bonds. The van der Waals surface area contributed by atoms with E-state index in [1.54, 1.807) is 30.3 Å². The van der Waals surface area contributed by atoms with Gasteiger partial charge in [-0.05, 0) is 29.8 Å². The number of amides is 2. The van der Waals surface area contributed by atoms with Gasteiger partial charge in [0, 0.05) is 18.1 Å². The van der Waals surface area contributed by atoms with Crippen LogP contribution in [0.5, 0.6) is 0 Å². The Labute approximate surface area is 189 Å². The highest BCUT2D eigenvalue weighted by Crippen LogP contribution is 2.16. The number of rotatable bonds is 6. The maximum atomic E-state index is 13.4. The van der Waals surface area contributed by atoms with Crippen molar-refractivity contribution in [2.75, 3.05) is 18.9 Å². The van der Waals surface area contributed by atoms with Crippen molar-refractivity contribution < 1.29 is 14.0 Å². The predicted molar refractivity (Wildman–Crippen MR) is 124 cm³/mol. The van der Waals surface area contributed by atoms with E-state index in [1.807, 2.05) is 30.3 Å². The zero-order valence-corrected chi connectivity index (χ0v) is 17.9. The minimum Gasteiger partial charge on any atom is -0.331 e. The van der Waals surface area contributed by atoms with Gasteiger partial charge in [0.15, 0.2) is 5.69 Å². The van der Waals surface area contributed by atoms with Gasteiger partial charge in [-0.1, -0.05) is 54.6 Å². The van der Waals surface area contributed by atoms with Crippen LogP contribution in [0.1, 0.15) is 16.1 Å². The van der Waals surface area contributed by atoms with Crippen molar-refractivity contribution in [3.63, 3.8) is 0 Å². The molecule has 0 fully saturated rings. The quantitative estimate of drug-likeness (QED) is 0.495. The van der Waals surface area contributed by atoms with Gasteiger partial charge >= 0.3 is 0 Å². The molecule has 0 atom stereocenters. The van der Waals surface area contributed by atoms with Gasteiger partial charge in [-0.25, -0.2) is 9.07 Å². The maximum absolute atomic E-state index is 13.4. The summed E-state index contributed by atoms with van der Waals surface area (Å²) < 4.78 is 14.6. The fraction of sp³-hybridized carbons (Fsp3) is 0.120. The number of likely N-dealkylation sites (N-methyl/N-ethyl adjacent to an activating group) is 1. The second-order valence-electron chi connectivity index (χ2n) is 7.56. The van der Waals surface area contributed by atoms with Crippen molar-refractivity contribution in [2.45, 2.75) is 6.54 Å². The van der Waals surface area contributed by atoms with Crippen molar-refractivity contribution >= 4 is 28.3 Å². The smallest absolute Gasteiger partial charge is 0.275 e. The van der Waals surface area contributed by atoms with Crippen molar-refractivity contribution in [2.24, 2.45) is 0 Å². The second kappa shape index (κ2) is 9.44. The van der Waals surface area contributed by atoms with E-state index in [2.05, 4.69) is 10.4 Å². The van der Waals surface area contributed by atoms with Gasteiger partial charge in [-0.3, -0.25) is 14.4 Å². The number of carbonyl (C=O) groups excluding carboxylic acids is 2. The van der Waals surface area contributed by atoms with E-state index in [0.717, 1.165) is 5.56 Å². The number of hydrogen-bond donors (Lipinski definition) is 1. The molecule has 4 rings (SSSR count). The summed E-state index contributed by atoms with van der Waals surface area (Å²) in [6, 6.07) is 21.6. The summed E-state index contributed by atoms with van der Waals surface area (Å²) in [5, 5.41) is 7.69. The summed E-state index contributed by atoms with van der Waals surface area (Å²) in [7, 11) is 1.47. The first-order valence-corrected chi connectivity index (χ1v) is 10.3. The highest BCUT2D eigenvalue weighted by molar-refractivity contribution is 6.06. The topological polar surface area (TPSA) is 84.3 Å². The SMILES string of the molecule is CN(CC(=O)Nc1cccc(F)c1)C(=O)c1nn(Cc2ccccc2)c(=O)c2ccccc12. The molecule has 4 aromatic rings. The summed E-state index contributed by atoms with van der Waals surface area (Å²) in [5.41, 5.74) is 0.920. The molecule has 8 heteroatoms. The van der Waals surface area contributed by atoms with E-state index in [0.29, 0.717) is 16.5 Å². The van der Waals surface area contributed by atoms with Crippen LogP contribution in [-0.2, 0) is 11.3 Å². The maximum Gasteiger partial charge on any atom is 0.275 e. The lowest BCUT2D eigenvalue weighted by Gasteiger charge is -2.18. The Bertz CT molecular complexity index is 1390. The third-order valence-electron chi connectivity index (χ3n) is 5.08. The van der Waals surface area contributed by atoms with Crippen LogP contribution in [0.2, 0.25) is 0 Å². The summed E-state index contributed by atoms with van der Waals surface area (Å²) in [4.78, 5) is 39.8. The standard InChI is InChI=1S/C25H21FN4O3/c1-29(16-22(31)27-19-11-7-10-18(26)14-19)25(33)23-20-12-5-6-13-21(20)24(32)30(28-23)15-17-8-3-2-4-9-17/h2-14H,15-16H2,1H3,(H,27,31). The average Bonchev–Trinajstić information content (AvgIpc) is 2.81. The number of anilines is 1. The molecular formula is C25H21FN4O3. The van der Waals surface area contributed by atoms with Gasteiger partial charge in [0.2, 0.25) is 5.91 Å². The first-order chi connectivity index (χ1) is 15.9. The van der Waals surface area contributed by atoms with Crippen LogP contribution in [-0.4, -0.2) is 40.1 Å². The molecule has 0 aliphatic heterocycles. The molecule has 0 unspecified atom stereocenters. The van der Waals surface area contributed by atoms with Crippen LogP contribution in [0.3, 0.4) is 0 Å². The number of fused-ring (bicyclic) bond motifs is 1. The van der Waals surface area contributed by atoms with Crippen LogP contribution in [0.4, 0.5) is 10.1 Å².